The van der Waals surface area contributed by atoms with E-state index in [4.69, 9.17) is 9.47 Å². The van der Waals surface area contributed by atoms with Crippen molar-refractivity contribution in [2.24, 2.45) is 0 Å². The largest absolute Gasteiger partial charge is 0.490 e. The van der Waals surface area contributed by atoms with Gasteiger partial charge in [-0.1, -0.05) is 0 Å². The molecule has 1 fully saturated rings. The molecule has 0 aromatic heterocycles. The maximum absolute atomic E-state index is 12.6. The molecule has 1 amide bonds. The molecule has 0 aliphatic carbocycles. The Labute approximate surface area is 162 Å². The van der Waals surface area contributed by atoms with Crippen molar-refractivity contribution in [2.45, 2.75) is 32.4 Å². The van der Waals surface area contributed by atoms with Gasteiger partial charge in [0.2, 0.25) is 0 Å². The molecule has 0 unspecified atom stereocenters. The number of benzene rings is 1. The molecule has 1 aromatic rings. The summed E-state index contributed by atoms with van der Waals surface area (Å²) in [4.78, 5) is 36.7. The maximum atomic E-state index is 12.6. The average molecular weight is 414 g/mol. The standard InChI is InChI=1S/C17H22N2O8S/c1-4-18(13-7-8-28(24,25)10-13)16(20)11(2)27-17(21)12-5-6-15(26-3)14(9-12)19(22)23/h5-6,9,11,13H,4,7-8,10H2,1-3H3/t11-,13+/m0/s1. The number of ether oxygens (including phenoxy) is 2. The van der Waals surface area contributed by atoms with Crippen molar-refractivity contribution in [3.8, 4) is 5.75 Å². The highest BCUT2D eigenvalue weighted by Gasteiger charge is 2.36. The van der Waals surface area contributed by atoms with Crippen LogP contribution in [0.3, 0.4) is 0 Å². The number of nitro benzene ring substituents is 1. The summed E-state index contributed by atoms with van der Waals surface area (Å²) in [5, 5.41) is 11.1. The van der Waals surface area contributed by atoms with Gasteiger partial charge in [0.1, 0.15) is 0 Å². The van der Waals surface area contributed by atoms with Crippen LogP contribution in [0.5, 0.6) is 5.75 Å². The Hall–Kier alpha value is -2.69. The summed E-state index contributed by atoms with van der Waals surface area (Å²) < 4.78 is 33.4. The van der Waals surface area contributed by atoms with Crippen LogP contribution in [-0.2, 0) is 19.4 Å². The van der Waals surface area contributed by atoms with E-state index in [9.17, 15) is 28.1 Å². The van der Waals surface area contributed by atoms with Crippen LogP contribution in [0.1, 0.15) is 30.6 Å². The lowest BCUT2D eigenvalue weighted by atomic mass is 10.1. The summed E-state index contributed by atoms with van der Waals surface area (Å²) in [6.45, 7) is 3.36. The number of nitro groups is 1. The number of amides is 1. The summed E-state index contributed by atoms with van der Waals surface area (Å²) in [7, 11) is -1.91. The van der Waals surface area contributed by atoms with Crippen molar-refractivity contribution in [3.05, 3.63) is 33.9 Å². The third kappa shape index (κ3) is 4.77. The van der Waals surface area contributed by atoms with Crippen LogP contribution in [0.2, 0.25) is 0 Å². The minimum absolute atomic E-state index is 0.00900. The molecular formula is C17H22N2O8S. The number of hydrogen-bond acceptors (Lipinski definition) is 8. The van der Waals surface area contributed by atoms with Crippen LogP contribution in [-0.4, -0.2) is 67.4 Å². The number of methoxy groups -OCH3 is 1. The van der Waals surface area contributed by atoms with Crippen molar-refractivity contribution in [1.29, 1.82) is 0 Å². The minimum Gasteiger partial charge on any atom is -0.490 e. The average Bonchev–Trinajstić information content (AvgIpc) is 3.00. The lowest BCUT2D eigenvalue weighted by Crippen LogP contribution is -2.46. The summed E-state index contributed by atoms with van der Waals surface area (Å²) in [5.74, 6) is -1.52. The Balaban J connectivity index is 2.11. The zero-order valence-corrected chi connectivity index (χ0v) is 16.6. The molecular weight excluding hydrogens is 392 g/mol. The Morgan fingerprint density at radius 3 is 2.57 bits per heavy atom. The SMILES string of the molecule is CCN(C(=O)[C@H](C)OC(=O)c1ccc(OC)c([N+](=O)[O-])c1)[C@@H]1CCS(=O)(=O)C1. The van der Waals surface area contributed by atoms with Gasteiger partial charge >= 0.3 is 11.7 Å². The van der Waals surface area contributed by atoms with Crippen molar-refractivity contribution in [3.63, 3.8) is 0 Å². The number of sulfone groups is 1. The summed E-state index contributed by atoms with van der Waals surface area (Å²) in [6.07, 6.45) is -0.829. The predicted molar refractivity (Wildman–Crippen MR) is 99.0 cm³/mol. The van der Waals surface area contributed by atoms with Gasteiger partial charge in [-0.15, -0.1) is 0 Å². The number of nitrogens with zero attached hydrogens (tertiary/aromatic N) is 2. The Bertz CT molecular complexity index is 883. The van der Waals surface area contributed by atoms with Crippen molar-refractivity contribution >= 4 is 27.4 Å². The first-order chi connectivity index (χ1) is 13.1. The fraction of sp³-hybridized carbons (Fsp3) is 0.529. The number of carbonyl (C=O) groups is 2. The van der Waals surface area contributed by atoms with Gasteiger partial charge in [0, 0.05) is 18.7 Å². The van der Waals surface area contributed by atoms with E-state index in [-0.39, 0.29) is 29.4 Å². The first-order valence-corrected chi connectivity index (χ1v) is 10.5. The zero-order valence-electron chi connectivity index (χ0n) is 15.8. The number of likely N-dealkylation sites (N-methyl/N-ethyl adjacent to an activating group) is 1. The van der Waals surface area contributed by atoms with Gasteiger partial charge in [-0.05, 0) is 32.4 Å². The zero-order chi connectivity index (χ0) is 21.1. The topological polar surface area (TPSA) is 133 Å². The first-order valence-electron chi connectivity index (χ1n) is 8.64. The van der Waals surface area contributed by atoms with Crippen LogP contribution in [0.4, 0.5) is 5.69 Å². The van der Waals surface area contributed by atoms with Gasteiger partial charge in [0.15, 0.2) is 21.7 Å². The van der Waals surface area contributed by atoms with Crippen LogP contribution in [0, 0.1) is 10.1 Å². The highest BCUT2D eigenvalue weighted by Crippen LogP contribution is 2.28. The molecule has 1 aliphatic heterocycles. The summed E-state index contributed by atoms with van der Waals surface area (Å²) in [6, 6.07) is 3.13. The molecule has 1 heterocycles. The molecule has 1 saturated heterocycles. The smallest absolute Gasteiger partial charge is 0.339 e. The van der Waals surface area contributed by atoms with Gasteiger partial charge in [0.25, 0.3) is 5.91 Å². The van der Waals surface area contributed by atoms with E-state index < -0.39 is 44.5 Å². The van der Waals surface area contributed by atoms with E-state index in [0.29, 0.717) is 6.42 Å². The van der Waals surface area contributed by atoms with Gasteiger partial charge in [-0.3, -0.25) is 14.9 Å². The lowest BCUT2D eigenvalue weighted by molar-refractivity contribution is -0.385. The molecule has 1 aromatic carbocycles. The summed E-state index contributed by atoms with van der Waals surface area (Å²) >= 11 is 0. The van der Waals surface area contributed by atoms with E-state index >= 15 is 0 Å². The van der Waals surface area contributed by atoms with Crippen LogP contribution in [0.15, 0.2) is 18.2 Å². The second-order valence-corrected chi connectivity index (χ2v) is 8.60. The molecule has 154 valence electrons. The third-order valence-electron chi connectivity index (χ3n) is 4.52. The first kappa shape index (κ1) is 21.6. The lowest BCUT2D eigenvalue weighted by Gasteiger charge is -2.29. The van der Waals surface area contributed by atoms with Crippen LogP contribution >= 0.6 is 0 Å². The Kier molecular flexibility index (Phi) is 6.60. The van der Waals surface area contributed by atoms with Gasteiger partial charge < -0.3 is 14.4 Å². The number of rotatable bonds is 7. The fourth-order valence-corrected chi connectivity index (χ4v) is 4.82. The van der Waals surface area contributed by atoms with E-state index in [1.165, 1.54) is 31.1 Å². The van der Waals surface area contributed by atoms with Gasteiger partial charge in [-0.2, -0.15) is 0 Å². The fourth-order valence-electron chi connectivity index (χ4n) is 3.09. The second kappa shape index (κ2) is 8.55. The molecule has 11 heteroatoms. The molecule has 10 nitrogen and oxygen atoms in total. The molecule has 1 aliphatic rings. The molecule has 0 radical (unpaired) electrons. The van der Waals surface area contributed by atoms with Crippen molar-refractivity contribution < 1.29 is 32.4 Å². The maximum Gasteiger partial charge on any atom is 0.339 e. The molecule has 2 rings (SSSR count). The molecule has 0 spiro atoms. The molecule has 0 bridgehead atoms. The highest BCUT2D eigenvalue weighted by atomic mass is 32.2. The third-order valence-corrected chi connectivity index (χ3v) is 6.27. The molecule has 0 N–H and O–H groups in total. The van der Waals surface area contributed by atoms with E-state index in [1.807, 2.05) is 0 Å². The number of esters is 1. The minimum atomic E-state index is -3.17. The van der Waals surface area contributed by atoms with E-state index in [0.717, 1.165) is 6.07 Å². The van der Waals surface area contributed by atoms with E-state index in [1.54, 1.807) is 6.92 Å². The van der Waals surface area contributed by atoms with Crippen LogP contribution in [0.25, 0.3) is 0 Å². The molecule has 28 heavy (non-hydrogen) atoms. The predicted octanol–water partition coefficient (Wildman–Crippen LogP) is 1.18. The van der Waals surface area contributed by atoms with Crippen molar-refractivity contribution in [2.75, 3.05) is 25.2 Å². The monoisotopic (exact) mass is 414 g/mol. The number of carbonyl (C=O) groups excluding carboxylic acids is 2. The quantitative estimate of drug-likeness (QED) is 0.369. The normalized spacial score (nSPS) is 18.9. The highest BCUT2D eigenvalue weighted by molar-refractivity contribution is 7.91. The van der Waals surface area contributed by atoms with Gasteiger partial charge in [-0.25, -0.2) is 13.2 Å². The molecule has 0 saturated carbocycles. The Morgan fingerprint density at radius 2 is 2.07 bits per heavy atom. The van der Waals surface area contributed by atoms with Gasteiger partial charge in [0.05, 0.1) is 29.1 Å². The van der Waals surface area contributed by atoms with E-state index in [2.05, 4.69) is 0 Å². The van der Waals surface area contributed by atoms with Crippen LogP contribution < -0.4 is 4.74 Å². The summed E-state index contributed by atoms with van der Waals surface area (Å²) in [5.41, 5.74) is -0.499. The number of hydrogen-bond donors (Lipinski definition) is 0. The Morgan fingerprint density at radius 1 is 1.39 bits per heavy atom. The second-order valence-electron chi connectivity index (χ2n) is 6.37. The van der Waals surface area contributed by atoms with Crippen molar-refractivity contribution in [1.82, 2.24) is 4.90 Å². The molecule has 2 atom stereocenters.